The van der Waals surface area contributed by atoms with Crippen LogP contribution in [0.2, 0.25) is 0 Å². The van der Waals surface area contributed by atoms with Gasteiger partial charge in [0.15, 0.2) is 0 Å². The van der Waals surface area contributed by atoms with E-state index in [1.807, 2.05) is 6.20 Å². The fourth-order valence-corrected chi connectivity index (χ4v) is 3.13. The van der Waals surface area contributed by atoms with Gasteiger partial charge in [0.1, 0.15) is 0 Å². The molecule has 0 radical (unpaired) electrons. The summed E-state index contributed by atoms with van der Waals surface area (Å²) in [4.78, 5) is 7.01. The fraction of sp³-hybridized carbons (Fsp3) is 0.706. The van der Waals surface area contributed by atoms with Crippen LogP contribution in [0.15, 0.2) is 18.3 Å². The Kier molecular flexibility index (Phi) is 5.41. The Hall–Kier alpha value is -1.09. The maximum atomic E-state index is 4.47. The van der Waals surface area contributed by atoms with E-state index >= 15 is 0 Å². The second-order valence-electron chi connectivity index (χ2n) is 6.06. The van der Waals surface area contributed by atoms with Gasteiger partial charge in [-0.3, -0.25) is 4.98 Å². The molecular weight excluding hydrogens is 246 g/mol. The van der Waals surface area contributed by atoms with Gasteiger partial charge in [-0.15, -0.1) is 0 Å². The predicted octanol–water partition coefficient (Wildman–Crippen LogP) is 3.60. The van der Waals surface area contributed by atoms with Crippen molar-refractivity contribution in [3.8, 4) is 0 Å². The van der Waals surface area contributed by atoms with Gasteiger partial charge in [-0.2, -0.15) is 0 Å². The van der Waals surface area contributed by atoms with Gasteiger partial charge in [-0.1, -0.05) is 20.8 Å². The molecule has 1 aromatic heterocycles. The van der Waals surface area contributed by atoms with Crippen molar-refractivity contribution in [2.45, 2.75) is 53.0 Å². The maximum Gasteiger partial charge on any atom is 0.0562 e. The van der Waals surface area contributed by atoms with E-state index in [0.29, 0.717) is 5.41 Å². The summed E-state index contributed by atoms with van der Waals surface area (Å²) < 4.78 is 0. The number of nitrogens with zero attached hydrogens (tertiary/aromatic N) is 2. The van der Waals surface area contributed by atoms with E-state index in [2.05, 4.69) is 48.1 Å². The van der Waals surface area contributed by atoms with Crippen molar-refractivity contribution in [3.63, 3.8) is 0 Å². The topological polar surface area (TPSA) is 28.2 Å². The molecule has 0 spiro atoms. The predicted molar refractivity (Wildman–Crippen MR) is 86.1 cm³/mol. The zero-order valence-corrected chi connectivity index (χ0v) is 13.3. The van der Waals surface area contributed by atoms with E-state index in [4.69, 9.17) is 0 Å². The lowest BCUT2D eigenvalue weighted by Gasteiger charge is -2.27. The lowest BCUT2D eigenvalue weighted by molar-refractivity contribution is 0.301. The molecule has 0 saturated carbocycles. The third-order valence-corrected chi connectivity index (χ3v) is 4.84. The first kappa shape index (κ1) is 15.3. The third kappa shape index (κ3) is 3.51. The molecule has 2 rings (SSSR count). The highest BCUT2D eigenvalue weighted by Gasteiger charge is 2.34. The molecule has 1 saturated heterocycles. The summed E-state index contributed by atoms with van der Waals surface area (Å²) in [6.45, 7) is 11.2. The average molecular weight is 275 g/mol. The lowest BCUT2D eigenvalue weighted by atomic mass is 9.82. The number of rotatable bonds is 7. The van der Waals surface area contributed by atoms with Crippen LogP contribution in [0.4, 0.5) is 5.69 Å². The van der Waals surface area contributed by atoms with Crippen LogP contribution in [0.3, 0.4) is 0 Å². The molecule has 112 valence electrons. The van der Waals surface area contributed by atoms with Crippen LogP contribution in [0.5, 0.6) is 0 Å². The van der Waals surface area contributed by atoms with E-state index < -0.39 is 0 Å². The van der Waals surface area contributed by atoms with Crippen molar-refractivity contribution < 1.29 is 0 Å². The van der Waals surface area contributed by atoms with Crippen LogP contribution >= 0.6 is 0 Å². The minimum absolute atomic E-state index is 0.532. The molecular formula is C17H29N3. The van der Waals surface area contributed by atoms with Crippen molar-refractivity contribution in [2.24, 2.45) is 5.41 Å². The zero-order chi connectivity index (χ0) is 14.4. The number of hydrogen-bond acceptors (Lipinski definition) is 3. The molecule has 1 aromatic rings. The molecule has 1 N–H and O–H groups in total. The molecule has 1 fully saturated rings. The third-order valence-electron chi connectivity index (χ3n) is 4.84. The Labute approximate surface area is 123 Å². The Morgan fingerprint density at radius 2 is 2.10 bits per heavy atom. The number of hydrogen-bond donors (Lipinski definition) is 1. The van der Waals surface area contributed by atoms with Crippen molar-refractivity contribution in [3.05, 3.63) is 24.0 Å². The second kappa shape index (κ2) is 7.07. The van der Waals surface area contributed by atoms with E-state index in [0.717, 1.165) is 18.8 Å². The van der Waals surface area contributed by atoms with Gasteiger partial charge in [-0.05, 0) is 49.8 Å². The van der Waals surface area contributed by atoms with Gasteiger partial charge >= 0.3 is 0 Å². The average Bonchev–Trinajstić information content (AvgIpc) is 2.93. The number of aromatic nitrogens is 1. The zero-order valence-electron chi connectivity index (χ0n) is 13.3. The molecule has 0 amide bonds. The van der Waals surface area contributed by atoms with Crippen LogP contribution in [0, 0.1) is 5.41 Å². The number of nitrogens with one attached hydrogen (secondary N) is 1. The summed E-state index contributed by atoms with van der Waals surface area (Å²) in [7, 11) is 0. The SMILES string of the molecule is CCCNCc1cc(N2CCC(CC)(CC)C2)ccn1. The minimum Gasteiger partial charge on any atom is -0.371 e. The van der Waals surface area contributed by atoms with Crippen molar-refractivity contribution in [2.75, 3.05) is 24.5 Å². The fourth-order valence-electron chi connectivity index (χ4n) is 3.13. The molecule has 3 nitrogen and oxygen atoms in total. The van der Waals surface area contributed by atoms with Gasteiger partial charge in [0.25, 0.3) is 0 Å². The standard InChI is InChI=1S/C17H29N3/c1-4-9-18-13-15-12-16(7-10-19-15)20-11-8-17(5-2,6-3)14-20/h7,10,12,18H,4-6,8-9,11,13-14H2,1-3H3. The second-order valence-corrected chi connectivity index (χ2v) is 6.06. The first-order valence-electron chi connectivity index (χ1n) is 8.13. The lowest BCUT2D eigenvalue weighted by Crippen LogP contribution is -2.26. The normalized spacial score (nSPS) is 17.6. The van der Waals surface area contributed by atoms with Crippen LogP contribution in [0.1, 0.15) is 52.1 Å². The van der Waals surface area contributed by atoms with E-state index in [9.17, 15) is 0 Å². The maximum absolute atomic E-state index is 4.47. The van der Waals surface area contributed by atoms with Crippen LogP contribution in [-0.4, -0.2) is 24.6 Å². The highest BCUT2D eigenvalue weighted by atomic mass is 15.2. The van der Waals surface area contributed by atoms with E-state index in [1.54, 1.807) is 0 Å². The van der Waals surface area contributed by atoms with Crippen LogP contribution in [0.25, 0.3) is 0 Å². The minimum atomic E-state index is 0.532. The molecule has 0 aromatic carbocycles. The molecule has 3 heteroatoms. The first-order valence-corrected chi connectivity index (χ1v) is 8.13. The Balaban J connectivity index is 2.01. The molecule has 0 atom stereocenters. The summed E-state index contributed by atoms with van der Waals surface area (Å²) in [5.41, 5.74) is 3.03. The number of anilines is 1. The van der Waals surface area contributed by atoms with E-state index in [1.165, 1.54) is 44.5 Å². The molecule has 0 unspecified atom stereocenters. The van der Waals surface area contributed by atoms with Gasteiger partial charge in [0.2, 0.25) is 0 Å². The largest absolute Gasteiger partial charge is 0.371 e. The molecule has 0 aliphatic carbocycles. The monoisotopic (exact) mass is 275 g/mol. The van der Waals surface area contributed by atoms with Gasteiger partial charge in [-0.25, -0.2) is 0 Å². The molecule has 1 aliphatic heterocycles. The summed E-state index contributed by atoms with van der Waals surface area (Å²) >= 11 is 0. The molecule has 0 bridgehead atoms. The summed E-state index contributed by atoms with van der Waals surface area (Å²) in [5, 5.41) is 3.43. The van der Waals surface area contributed by atoms with Crippen LogP contribution in [-0.2, 0) is 6.54 Å². The van der Waals surface area contributed by atoms with Crippen LogP contribution < -0.4 is 10.2 Å². The van der Waals surface area contributed by atoms with Crippen molar-refractivity contribution >= 4 is 5.69 Å². The van der Waals surface area contributed by atoms with Gasteiger partial charge < -0.3 is 10.2 Å². The quantitative estimate of drug-likeness (QED) is 0.771. The van der Waals surface area contributed by atoms with Crippen molar-refractivity contribution in [1.29, 1.82) is 0 Å². The number of pyridine rings is 1. The van der Waals surface area contributed by atoms with E-state index in [-0.39, 0.29) is 0 Å². The Bertz CT molecular complexity index is 412. The smallest absolute Gasteiger partial charge is 0.0562 e. The summed E-state index contributed by atoms with van der Waals surface area (Å²) in [6.07, 6.45) is 7.02. The van der Waals surface area contributed by atoms with Gasteiger partial charge in [0.05, 0.1) is 5.69 Å². The van der Waals surface area contributed by atoms with Crippen molar-refractivity contribution in [1.82, 2.24) is 10.3 Å². The molecule has 20 heavy (non-hydrogen) atoms. The van der Waals surface area contributed by atoms with Gasteiger partial charge in [0, 0.05) is 31.5 Å². The Morgan fingerprint density at radius 3 is 2.75 bits per heavy atom. The molecule has 2 heterocycles. The highest BCUT2D eigenvalue weighted by Crippen LogP contribution is 2.38. The first-order chi connectivity index (χ1) is 9.73. The Morgan fingerprint density at radius 1 is 1.30 bits per heavy atom. The summed E-state index contributed by atoms with van der Waals surface area (Å²) in [5.74, 6) is 0. The summed E-state index contributed by atoms with van der Waals surface area (Å²) in [6, 6.07) is 4.41. The molecule has 1 aliphatic rings. The highest BCUT2D eigenvalue weighted by molar-refractivity contribution is 5.48.